The van der Waals surface area contributed by atoms with Gasteiger partial charge in [-0.2, -0.15) is 0 Å². The van der Waals surface area contributed by atoms with E-state index in [9.17, 15) is 5.11 Å². The number of fused-ring (bicyclic) bond motifs is 1. The Labute approximate surface area is 126 Å². The zero-order chi connectivity index (χ0) is 14.8. The van der Waals surface area contributed by atoms with E-state index < -0.39 is 0 Å². The highest BCUT2D eigenvalue weighted by Crippen LogP contribution is 2.35. The van der Waals surface area contributed by atoms with Crippen molar-refractivity contribution in [2.45, 2.75) is 51.4 Å². The molecule has 0 aromatic heterocycles. The van der Waals surface area contributed by atoms with Crippen molar-refractivity contribution in [1.82, 2.24) is 5.32 Å². The fourth-order valence-electron chi connectivity index (χ4n) is 3.46. The quantitative estimate of drug-likeness (QED) is 0.874. The molecule has 0 bridgehead atoms. The molecule has 1 aliphatic carbocycles. The molecule has 116 valence electrons. The van der Waals surface area contributed by atoms with Gasteiger partial charge in [0.05, 0.1) is 13.2 Å². The molecule has 0 spiro atoms. The predicted octanol–water partition coefficient (Wildman–Crippen LogP) is 2.27. The maximum atomic E-state index is 9.86. The van der Waals surface area contributed by atoms with Crippen LogP contribution in [-0.2, 0) is 13.0 Å². The van der Waals surface area contributed by atoms with Gasteiger partial charge in [0, 0.05) is 30.6 Å². The lowest BCUT2D eigenvalue weighted by Crippen LogP contribution is -2.27. The van der Waals surface area contributed by atoms with Gasteiger partial charge < -0.3 is 19.9 Å². The number of aliphatic hydroxyl groups excluding tert-OH is 1. The summed E-state index contributed by atoms with van der Waals surface area (Å²) in [6.07, 6.45) is 4.27. The Balaban J connectivity index is 1.63. The third-order valence-electron chi connectivity index (χ3n) is 4.64. The number of nitrogens with one attached hydrogen (secondary N) is 1. The van der Waals surface area contributed by atoms with Crippen molar-refractivity contribution >= 4 is 0 Å². The number of hydrogen-bond donors (Lipinski definition) is 2. The van der Waals surface area contributed by atoms with Crippen LogP contribution >= 0.6 is 0 Å². The standard InChI is InChI=1S/C17H25NO3/c1-11-6-13-7-16(20-2)14(8-17(13)21-11)10-18-9-12-4-3-5-15(12)19/h7-8,11-12,15,18-19H,3-6,9-10H2,1-2H3. The number of hydrogen-bond acceptors (Lipinski definition) is 4. The van der Waals surface area contributed by atoms with Crippen molar-refractivity contribution in [2.24, 2.45) is 5.92 Å². The fraction of sp³-hybridized carbons (Fsp3) is 0.647. The Bertz CT molecular complexity index is 503. The monoisotopic (exact) mass is 291 g/mol. The molecule has 0 radical (unpaired) electrons. The van der Waals surface area contributed by atoms with Gasteiger partial charge in [-0.25, -0.2) is 0 Å². The Morgan fingerprint density at radius 1 is 1.38 bits per heavy atom. The summed E-state index contributed by atoms with van der Waals surface area (Å²) >= 11 is 0. The Hall–Kier alpha value is -1.26. The first-order valence-electron chi connectivity index (χ1n) is 7.92. The molecule has 1 aromatic carbocycles. The van der Waals surface area contributed by atoms with Gasteiger partial charge in [0.15, 0.2) is 0 Å². The second-order valence-corrected chi connectivity index (χ2v) is 6.29. The molecule has 1 fully saturated rings. The average molecular weight is 291 g/mol. The molecule has 4 nitrogen and oxygen atoms in total. The van der Waals surface area contributed by atoms with Crippen LogP contribution in [0.25, 0.3) is 0 Å². The summed E-state index contributed by atoms with van der Waals surface area (Å²) in [6.45, 7) is 3.70. The van der Waals surface area contributed by atoms with Crippen molar-refractivity contribution < 1.29 is 14.6 Å². The minimum atomic E-state index is -0.136. The maximum Gasteiger partial charge on any atom is 0.123 e. The lowest BCUT2D eigenvalue weighted by atomic mass is 10.0. The van der Waals surface area contributed by atoms with Gasteiger partial charge in [-0.3, -0.25) is 0 Å². The van der Waals surface area contributed by atoms with Crippen LogP contribution in [0, 0.1) is 5.92 Å². The summed E-state index contributed by atoms with van der Waals surface area (Å²) < 4.78 is 11.3. The second kappa shape index (κ2) is 6.24. The third-order valence-corrected chi connectivity index (χ3v) is 4.64. The summed E-state index contributed by atoms with van der Waals surface area (Å²) in [4.78, 5) is 0. The first-order valence-corrected chi connectivity index (χ1v) is 7.92. The molecule has 2 aliphatic rings. The van der Waals surface area contributed by atoms with E-state index in [1.54, 1.807) is 7.11 Å². The van der Waals surface area contributed by atoms with Crippen molar-refractivity contribution in [3.63, 3.8) is 0 Å². The summed E-state index contributed by atoms with van der Waals surface area (Å²) in [7, 11) is 1.71. The highest BCUT2D eigenvalue weighted by molar-refractivity contribution is 5.48. The van der Waals surface area contributed by atoms with E-state index in [0.717, 1.165) is 55.8 Å². The number of aliphatic hydroxyl groups is 1. The van der Waals surface area contributed by atoms with Crippen LogP contribution < -0.4 is 14.8 Å². The van der Waals surface area contributed by atoms with Gasteiger partial charge in [-0.05, 0) is 37.8 Å². The highest BCUT2D eigenvalue weighted by atomic mass is 16.5. The molecular weight excluding hydrogens is 266 g/mol. The molecule has 3 rings (SSSR count). The summed E-state index contributed by atoms with van der Waals surface area (Å²) in [5, 5.41) is 13.3. The van der Waals surface area contributed by atoms with Crippen LogP contribution in [0.4, 0.5) is 0 Å². The van der Waals surface area contributed by atoms with Crippen LogP contribution in [-0.4, -0.2) is 31.0 Å². The molecule has 2 N–H and O–H groups in total. The van der Waals surface area contributed by atoms with E-state index in [1.807, 2.05) is 0 Å². The first kappa shape index (κ1) is 14.7. The molecule has 1 saturated carbocycles. The topological polar surface area (TPSA) is 50.7 Å². The summed E-state index contributed by atoms with van der Waals surface area (Å²) in [5.41, 5.74) is 2.35. The fourth-order valence-corrected chi connectivity index (χ4v) is 3.46. The molecule has 21 heavy (non-hydrogen) atoms. The Morgan fingerprint density at radius 2 is 2.24 bits per heavy atom. The van der Waals surface area contributed by atoms with Gasteiger partial charge in [0.1, 0.15) is 17.6 Å². The van der Waals surface area contributed by atoms with Crippen molar-refractivity contribution in [3.8, 4) is 11.5 Å². The minimum absolute atomic E-state index is 0.136. The van der Waals surface area contributed by atoms with E-state index in [1.165, 1.54) is 5.56 Å². The van der Waals surface area contributed by atoms with Gasteiger partial charge in [0.25, 0.3) is 0 Å². The predicted molar refractivity (Wildman–Crippen MR) is 81.8 cm³/mol. The molecule has 1 aromatic rings. The second-order valence-electron chi connectivity index (χ2n) is 6.29. The van der Waals surface area contributed by atoms with Gasteiger partial charge in [-0.15, -0.1) is 0 Å². The minimum Gasteiger partial charge on any atom is -0.496 e. The molecule has 3 unspecified atom stereocenters. The third kappa shape index (κ3) is 3.16. The lowest BCUT2D eigenvalue weighted by Gasteiger charge is -2.16. The zero-order valence-corrected chi connectivity index (χ0v) is 12.9. The molecule has 1 aliphatic heterocycles. The normalized spacial score (nSPS) is 27.5. The van der Waals surface area contributed by atoms with E-state index in [0.29, 0.717) is 5.92 Å². The Morgan fingerprint density at radius 3 is 2.95 bits per heavy atom. The molecular formula is C17H25NO3. The highest BCUT2D eigenvalue weighted by Gasteiger charge is 2.25. The summed E-state index contributed by atoms with van der Waals surface area (Å²) in [5.74, 6) is 2.30. The Kier molecular flexibility index (Phi) is 4.36. The number of ether oxygens (including phenoxy) is 2. The van der Waals surface area contributed by atoms with Gasteiger partial charge >= 0.3 is 0 Å². The van der Waals surface area contributed by atoms with Crippen LogP contribution in [0.3, 0.4) is 0 Å². The van der Waals surface area contributed by atoms with Crippen LogP contribution in [0.5, 0.6) is 11.5 Å². The van der Waals surface area contributed by atoms with Crippen molar-refractivity contribution in [2.75, 3.05) is 13.7 Å². The van der Waals surface area contributed by atoms with E-state index >= 15 is 0 Å². The molecule has 3 atom stereocenters. The maximum absolute atomic E-state index is 9.86. The molecule has 1 heterocycles. The largest absolute Gasteiger partial charge is 0.496 e. The average Bonchev–Trinajstić information content (AvgIpc) is 3.02. The van der Waals surface area contributed by atoms with Gasteiger partial charge in [0.2, 0.25) is 0 Å². The smallest absolute Gasteiger partial charge is 0.123 e. The molecule has 4 heteroatoms. The SMILES string of the molecule is COc1cc2c(cc1CNCC1CCCC1O)OC(C)C2. The van der Waals surface area contributed by atoms with Crippen LogP contribution in [0.15, 0.2) is 12.1 Å². The van der Waals surface area contributed by atoms with E-state index in [2.05, 4.69) is 24.4 Å². The summed E-state index contributed by atoms with van der Waals surface area (Å²) in [6, 6.07) is 4.19. The number of methoxy groups -OCH3 is 1. The van der Waals surface area contributed by atoms with Crippen LogP contribution in [0.1, 0.15) is 37.3 Å². The van der Waals surface area contributed by atoms with Crippen molar-refractivity contribution in [1.29, 1.82) is 0 Å². The number of rotatable bonds is 5. The van der Waals surface area contributed by atoms with Crippen LogP contribution in [0.2, 0.25) is 0 Å². The zero-order valence-electron chi connectivity index (χ0n) is 12.9. The lowest BCUT2D eigenvalue weighted by molar-refractivity contribution is 0.131. The number of benzene rings is 1. The van der Waals surface area contributed by atoms with Gasteiger partial charge in [-0.1, -0.05) is 6.42 Å². The first-order chi connectivity index (χ1) is 10.2. The van der Waals surface area contributed by atoms with Crippen molar-refractivity contribution in [3.05, 3.63) is 23.3 Å². The molecule has 0 saturated heterocycles. The van der Waals surface area contributed by atoms with E-state index in [-0.39, 0.29) is 12.2 Å². The van der Waals surface area contributed by atoms with E-state index in [4.69, 9.17) is 9.47 Å². The molecule has 0 amide bonds.